The van der Waals surface area contributed by atoms with E-state index in [-0.39, 0.29) is 11.3 Å². The lowest BCUT2D eigenvalue weighted by Gasteiger charge is -2.39. The predicted octanol–water partition coefficient (Wildman–Crippen LogP) is 3.62. The van der Waals surface area contributed by atoms with Gasteiger partial charge in [-0.25, -0.2) is 0 Å². The van der Waals surface area contributed by atoms with E-state index in [2.05, 4.69) is 25.7 Å². The van der Waals surface area contributed by atoms with Crippen LogP contribution in [-0.4, -0.2) is 23.4 Å². The summed E-state index contributed by atoms with van der Waals surface area (Å²) in [6.45, 7) is 9.86. The van der Waals surface area contributed by atoms with Crippen LogP contribution in [0, 0.1) is 17.8 Å². The fraction of sp³-hybridized carbons (Fsp3) is 0.611. The molecule has 0 radical (unpaired) electrons. The van der Waals surface area contributed by atoms with Gasteiger partial charge in [0.2, 0.25) is 0 Å². The molecule has 1 aromatic rings. The minimum atomic E-state index is 0.159. The molecule has 3 nitrogen and oxygen atoms in total. The summed E-state index contributed by atoms with van der Waals surface area (Å²) in [4.78, 5) is 15.1. The molecule has 2 N–H and O–H groups in total. The quantitative estimate of drug-likeness (QED) is 0.801. The van der Waals surface area contributed by atoms with Gasteiger partial charge in [-0.2, -0.15) is 0 Å². The van der Waals surface area contributed by atoms with Gasteiger partial charge in [-0.05, 0) is 54.7 Å². The summed E-state index contributed by atoms with van der Waals surface area (Å²) in [5.74, 6) is 0.159. The van der Waals surface area contributed by atoms with Crippen LogP contribution in [0.5, 0.6) is 0 Å². The molecule has 0 aromatic heterocycles. The molecule has 21 heavy (non-hydrogen) atoms. The molecule has 114 valence electrons. The summed E-state index contributed by atoms with van der Waals surface area (Å²) in [5.41, 5.74) is 8.92. The van der Waals surface area contributed by atoms with Gasteiger partial charge in [0.25, 0.3) is 5.91 Å². The van der Waals surface area contributed by atoms with Crippen molar-refractivity contribution in [3.05, 3.63) is 29.3 Å². The van der Waals surface area contributed by atoms with Gasteiger partial charge < -0.3 is 10.6 Å². The maximum Gasteiger partial charge on any atom is 0.254 e. The van der Waals surface area contributed by atoms with Crippen LogP contribution < -0.4 is 5.73 Å². The first-order valence-electron chi connectivity index (χ1n) is 7.86. The van der Waals surface area contributed by atoms with Crippen LogP contribution in [-0.2, 0) is 0 Å². The summed E-state index contributed by atoms with van der Waals surface area (Å²) in [7, 11) is 0. The maximum absolute atomic E-state index is 13.0. The standard InChI is InChI=1S/C18H26N2O/c1-12-5-6-13(19)7-15(12)16(21)20-11-18(4)9-14(20)8-17(2,3)10-18/h5-7,14H,8-11,19H2,1-4H3. The first-order valence-corrected chi connectivity index (χ1v) is 7.86. The first-order chi connectivity index (χ1) is 9.69. The number of fused-ring (bicyclic) bond motifs is 2. The molecule has 1 saturated carbocycles. The van der Waals surface area contributed by atoms with Crippen molar-refractivity contribution >= 4 is 11.6 Å². The Morgan fingerprint density at radius 1 is 1.29 bits per heavy atom. The van der Waals surface area contributed by atoms with Gasteiger partial charge >= 0.3 is 0 Å². The number of aryl methyl sites for hydroxylation is 1. The number of amides is 1. The number of nitrogens with zero attached hydrogens (tertiary/aromatic N) is 1. The monoisotopic (exact) mass is 286 g/mol. The fourth-order valence-electron chi connectivity index (χ4n) is 4.72. The van der Waals surface area contributed by atoms with Crippen LogP contribution in [0.15, 0.2) is 18.2 Å². The van der Waals surface area contributed by atoms with E-state index in [0.717, 1.165) is 30.5 Å². The largest absolute Gasteiger partial charge is 0.399 e. The molecule has 2 bridgehead atoms. The molecule has 2 fully saturated rings. The molecule has 2 aliphatic rings. The maximum atomic E-state index is 13.0. The summed E-state index contributed by atoms with van der Waals surface area (Å²) >= 11 is 0. The van der Waals surface area contributed by atoms with E-state index in [1.54, 1.807) is 0 Å². The smallest absolute Gasteiger partial charge is 0.254 e. The Balaban J connectivity index is 1.91. The third kappa shape index (κ3) is 2.54. The average Bonchev–Trinajstić information content (AvgIpc) is 2.61. The van der Waals surface area contributed by atoms with Crippen molar-refractivity contribution < 1.29 is 4.79 Å². The number of benzene rings is 1. The number of nitrogens with two attached hydrogens (primary N) is 1. The highest BCUT2D eigenvalue weighted by Crippen LogP contribution is 2.52. The Bertz CT molecular complexity index is 593. The van der Waals surface area contributed by atoms with E-state index in [0.29, 0.717) is 17.1 Å². The van der Waals surface area contributed by atoms with Gasteiger partial charge in [0, 0.05) is 23.8 Å². The zero-order valence-corrected chi connectivity index (χ0v) is 13.6. The molecule has 1 aliphatic heterocycles. The number of hydrogen-bond donors (Lipinski definition) is 1. The Morgan fingerprint density at radius 3 is 2.71 bits per heavy atom. The summed E-state index contributed by atoms with van der Waals surface area (Å²) in [6.07, 6.45) is 3.45. The molecule has 3 heteroatoms. The van der Waals surface area contributed by atoms with Crippen LogP contribution in [0.4, 0.5) is 5.69 Å². The molecular weight excluding hydrogens is 260 g/mol. The average molecular weight is 286 g/mol. The summed E-state index contributed by atoms with van der Waals surface area (Å²) in [5, 5.41) is 0. The third-order valence-electron chi connectivity index (χ3n) is 5.17. The van der Waals surface area contributed by atoms with Gasteiger partial charge in [-0.1, -0.05) is 26.8 Å². The predicted molar refractivity (Wildman–Crippen MR) is 86.2 cm³/mol. The topological polar surface area (TPSA) is 46.3 Å². The Labute approximate surface area is 127 Å². The van der Waals surface area contributed by atoms with Gasteiger partial charge in [0.15, 0.2) is 0 Å². The van der Waals surface area contributed by atoms with Crippen LogP contribution in [0.3, 0.4) is 0 Å². The lowest BCUT2D eigenvalue weighted by molar-refractivity contribution is 0.0707. The van der Waals surface area contributed by atoms with E-state index in [1.165, 1.54) is 6.42 Å². The third-order valence-corrected chi connectivity index (χ3v) is 5.17. The van der Waals surface area contributed by atoms with Crippen molar-refractivity contribution in [3.63, 3.8) is 0 Å². The van der Waals surface area contributed by atoms with Crippen molar-refractivity contribution in [1.82, 2.24) is 4.90 Å². The molecule has 1 amide bonds. The van der Waals surface area contributed by atoms with Crippen molar-refractivity contribution in [2.24, 2.45) is 10.8 Å². The second-order valence-corrected chi connectivity index (χ2v) is 8.22. The molecule has 1 saturated heterocycles. The van der Waals surface area contributed by atoms with Crippen molar-refractivity contribution in [2.45, 2.75) is 53.0 Å². The molecule has 1 aliphatic carbocycles. The number of hydrogen-bond acceptors (Lipinski definition) is 2. The Morgan fingerprint density at radius 2 is 2.00 bits per heavy atom. The lowest BCUT2D eigenvalue weighted by atomic mass is 9.65. The fourth-order valence-corrected chi connectivity index (χ4v) is 4.72. The number of rotatable bonds is 1. The van der Waals surface area contributed by atoms with Crippen LogP contribution in [0.25, 0.3) is 0 Å². The minimum absolute atomic E-state index is 0.159. The van der Waals surface area contributed by atoms with Crippen molar-refractivity contribution in [1.29, 1.82) is 0 Å². The summed E-state index contributed by atoms with van der Waals surface area (Å²) < 4.78 is 0. The number of likely N-dealkylation sites (tertiary alicyclic amines) is 1. The van der Waals surface area contributed by atoms with Crippen LogP contribution >= 0.6 is 0 Å². The van der Waals surface area contributed by atoms with E-state index in [4.69, 9.17) is 5.73 Å². The summed E-state index contributed by atoms with van der Waals surface area (Å²) in [6, 6.07) is 6.01. The normalized spacial score (nSPS) is 30.5. The Kier molecular flexibility index (Phi) is 3.09. The second kappa shape index (κ2) is 4.49. The van der Waals surface area contributed by atoms with Gasteiger partial charge in [0.05, 0.1) is 0 Å². The zero-order valence-electron chi connectivity index (χ0n) is 13.6. The first kappa shape index (κ1) is 14.4. The molecular formula is C18H26N2O. The highest BCUT2D eigenvalue weighted by Gasteiger charge is 2.51. The van der Waals surface area contributed by atoms with Crippen LogP contribution in [0.2, 0.25) is 0 Å². The highest BCUT2D eigenvalue weighted by atomic mass is 16.2. The number of anilines is 1. The van der Waals surface area contributed by atoms with E-state index >= 15 is 0 Å². The number of nitrogen functional groups attached to an aromatic ring is 1. The minimum Gasteiger partial charge on any atom is -0.399 e. The van der Waals surface area contributed by atoms with Gasteiger partial charge in [0.1, 0.15) is 0 Å². The van der Waals surface area contributed by atoms with E-state index < -0.39 is 0 Å². The number of carbonyl (C=O) groups is 1. The molecule has 1 heterocycles. The molecule has 1 aromatic carbocycles. The van der Waals surface area contributed by atoms with Gasteiger partial charge in [-0.3, -0.25) is 4.79 Å². The lowest BCUT2D eigenvalue weighted by Crippen LogP contribution is -2.38. The number of carbonyl (C=O) groups excluding carboxylic acids is 1. The second-order valence-electron chi connectivity index (χ2n) is 8.22. The zero-order chi connectivity index (χ0) is 15.4. The van der Waals surface area contributed by atoms with Gasteiger partial charge in [-0.15, -0.1) is 0 Å². The molecule has 2 atom stereocenters. The van der Waals surface area contributed by atoms with E-state index in [1.807, 2.05) is 25.1 Å². The molecule has 3 rings (SSSR count). The van der Waals surface area contributed by atoms with Crippen LogP contribution in [0.1, 0.15) is 56.0 Å². The van der Waals surface area contributed by atoms with Crippen molar-refractivity contribution in [3.8, 4) is 0 Å². The van der Waals surface area contributed by atoms with E-state index in [9.17, 15) is 4.79 Å². The SMILES string of the molecule is Cc1ccc(N)cc1C(=O)N1CC2(C)CC1CC(C)(C)C2. The van der Waals surface area contributed by atoms with Crippen molar-refractivity contribution in [2.75, 3.05) is 12.3 Å². The molecule has 0 spiro atoms. The highest BCUT2D eigenvalue weighted by molar-refractivity contribution is 5.97. The molecule has 2 unspecified atom stereocenters. The Hall–Kier alpha value is -1.51.